The summed E-state index contributed by atoms with van der Waals surface area (Å²) < 4.78 is 37.5. The molecule has 2 aromatic carbocycles. The highest BCUT2D eigenvalue weighted by Gasteiger charge is 2.24. The van der Waals surface area contributed by atoms with Gasteiger partial charge in [0, 0.05) is 42.4 Å². The summed E-state index contributed by atoms with van der Waals surface area (Å²) in [6.45, 7) is -0.0373. The molecule has 0 aliphatic carbocycles. The van der Waals surface area contributed by atoms with Gasteiger partial charge in [-0.25, -0.2) is 13.4 Å². The van der Waals surface area contributed by atoms with Crippen molar-refractivity contribution < 1.29 is 22.7 Å². The average molecular weight is 526 g/mol. The van der Waals surface area contributed by atoms with Gasteiger partial charge in [-0.1, -0.05) is 0 Å². The van der Waals surface area contributed by atoms with Crippen LogP contribution >= 0.6 is 11.3 Å². The fourth-order valence-corrected chi connectivity index (χ4v) is 5.41. The van der Waals surface area contributed by atoms with Crippen molar-refractivity contribution in [2.45, 2.75) is 17.7 Å². The number of carbonyl (C=O) groups is 1. The zero-order valence-electron chi connectivity index (χ0n) is 19.6. The van der Waals surface area contributed by atoms with Crippen molar-refractivity contribution in [2.24, 2.45) is 0 Å². The molecule has 1 heterocycles. The molecule has 0 spiro atoms. The van der Waals surface area contributed by atoms with E-state index in [0.717, 1.165) is 9.87 Å². The van der Waals surface area contributed by atoms with E-state index in [-0.39, 0.29) is 36.4 Å². The molecule has 1 N–H and O–H groups in total. The van der Waals surface area contributed by atoms with Gasteiger partial charge in [0.15, 0.2) is 16.6 Å². The highest BCUT2D eigenvalue weighted by atomic mass is 32.2. The molecule has 1 aromatic heterocycles. The van der Waals surface area contributed by atoms with Crippen LogP contribution in [0.15, 0.2) is 52.7 Å². The largest absolute Gasteiger partial charge is 0.493 e. The number of amides is 1. The smallest absolute Gasteiger partial charge is 0.257 e. The van der Waals surface area contributed by atoms with Gasteiger partial charge in [-0.15, -0.1) is 11.3 Å². The summed E-state index contributed by atoms with van der Waals surface area (Å²) in [4.78, 5) is 17.1. The van der Waals surface area contributed by atoms with Crippen molar-refractivity contribution in [1.82, 2.24) is 9.29 Å². The summed E-state index contributed by atoms with van der Waals surface area (Å²) >= 11 is 1.25. The van der Waals surface area contributed by atoms with Gasteiger partial charge in [-0.3, -0.25) is 10.1 Å². The molecule has 0 aliphatic rings. The standard InChI is InChI=1S/C24H23N5O5S2/c1-33-21-10-7-18(15-22(21)34-2)20-16-35-24(27-20)28-23(30)17-5-8-19(9-6-17)36(31,32)29(13-3-11-25)14-4-12-26/h5-10,15-16H,3-4,13-14H2,1-2H3,(H,27,28,30). The third-order valence-corrected chi connectivity index (χ3v) is 7.77. The van der Waals surface area contributed by atoms with Gasteiger partial charge in [-0.2, -0.15) is 14.8 Å². The molecular formula is C24H23N5O5S2. The number of rotatable bonds is 11. The number of nitriles is 2. The molecule has 36 heavy (non-hydrogen) atoms. The number of aromatic nitrogens is 1. The number of carbonyl (C=O) groups excluding carboxylic acids is 1. The van der Waals surface area contributed by atoms with E-state index in [4.69, 9.17) is 20.0 Å². The zero-order chi connectivity index (χ0) is 26.1. The van der Waals surface area contributed by atoms with Gasteiger partial charge in [0.2, 0.25) is 10.0 Å². The SMILES string of the molecule is COc1ccc(-c2csc(NC(=O)c3ccc(S(=O)(=O)N(CCC#N)CCC#N)cc3)n2)cc1OC. The van der Waals surface area contributed by atoms with Gasteiger partial charge in [-0.05, 0) is 42.5 Å². The van der Waals surface area contributed by atoms with E-state index in [1.807, 2.05) is 18.2 Å². The quantitative estimate of drug-likeness (QED) is 0.397. The summed E-state index contributed by atoms with van der Waals surface area (Å²) in [6.07, 6.45) is 0.00845. The number of nitrogens with one attached hydrogen (secondary N) is 1. The molecule has 186 valence electrons. The van der Waals surface area contributed by atoms with Gasteiger partial charge in [0.1, 0.15) is 0 Å². The lowest BCUT2D eigenvalue weighted by Crippen LogP contribution is -2.32. The molecule has 0 saturated carbocycles. The first kappa shape index (κ1) is 26.6. The monoisotopic (exact) mass is 525 g/mol. The van der Waals surface area contributed by atoms with Crippen LogP contribution in [0.1, 0.15) is 23.2 Å². The van der Waals surface area contributed by atoms with Crippen molar-refractivity contribution in [2.75, 3.05) is 32.6 Å². The Morgan fingerprint density at radius 1 is 1.03 bits per heavy atom. The maximum Gasteiger partial charge on any atom is 0.257 e. The van der Waals surface area contributed by atoms with E-state index in [1.54, 1.807) is 31.7 Å². The number of hydrogen-bond acceptors (Lipinski definition) is 9. The molecule has 0 radical (unpaired) electrons. The normalized spacial score (nSPS) is 10.9. The number of anilines is 1. The predicted octanol–water partition coefficient (Wildman–Crippen LogP) is 3.90. The molecule has 0 bridgehead atoms. The molecule has 0 aliphatic heterocycles. The van der Waals surface area contributed by atoms with Crippen molar-refractivity contribution in [3.05, 3.63) is 53.4 Å². The van der Waals surface area contributed by atoms with Crippen LogP contribution in [-0.2, 0) is 10.0 Å². The van der Waals surface area contributed by atoms with Crippen LogP contribution in [0.5, 0.6) is 11.5 Å². The molecule has 0 fully saturated rings. The van der Waals surface area contributed by atoms with E-state index in [0.29, 0.717) is 22.3 Å². The van der Waals surface area contributed by atoms with E-state index >= 15 is 0 Å². The number of thiazole rings is 1. The highest BCUT2D eigenvalue weighted by Crippen LogP contribution is 2.33. The second-order valence-electron chi connectivity index (χ2n) is 7.31. The van der Waals surface area contributed by atoms with Crippen molar-refractivity contribution in [1.29, 1.82) is 10.5 Å². The number of methoxy groups -OCH3 is 2. The van der Waals surface area contributed by atoms with Crippen LogP contribution in [0.3, 0.4) is 0 Å². The van der Waals surface area contributed by atoms with Crippen molar-refractivity contribution in [3.63, 3.8) is 0 Å². The molecule has 3 aromatic rings. The first-order valence-corrected chi connectivity index (χ1v) is 13.0. The minimum Gasteiger partial charge on any atom is -0.493 e. The van der Waals surface area contributed by atoms with E-state index in [9.17, 15) is 13.2 Å². The fourth-order valence-electron chi connectivity index (χ4n) is 3.26. The molecular weight excluding hydrogens is 502 g/mol. The maximum absolute atomic E-state index is 12.9. The van der Waals surface area contributed by atoms with Gasteiger partial charge in [0.05, 0.1) is 36.9 Å². The minimum atomic E-state index is -3.92. The fraction of sp³-hybridized carbons (Fsp3) is 0.250. The third-order valence-electron chi connectivity index (χ3n) is 5.10. The van der Waals surface area contributed by atoms with Crippen LogP contribution in [0.4, 0.5) is 5.13 Å². The van der Waals surface area contributed by atoms with Gasteiger partial charge < -0.3 is 9.47 Å². The Morgan fingerprint density at radius 2 is 1.67 bits per heavy atom. The molecule has 0 saturated heterocycles. The number of ether oxygens (including phenoxy) is 2. The zero-order valence-corrected chi connectivity index (χ0v) is 21.2. The molecule has 3 rings (SSSR count). The van der Waals surface area contributed by atoms with Crippen LogP contribution in [-0.4, -0.2) is 50.9 Å². The number of hydrogen-bond donors (Lipinski definition) is 1. The Labute approximate surface area is 213 Å². The van der Waals surface area contributed by atoms with Crippen LogP contribution in [0.25, 0.3) is 11.3 Å². The van der Waals surface area contributed by atoms with Crippen LogP contribution < -0.4 is 14.8 Å². The second-order valence-corrected chi connectivity index (χ2v) is 10.1. The summed E-state index contributed by atoms with van der Waals surface area (Å²) in [5, 5.41) is 22.5. The maximum atomic E-state index is 12.9. The topological polar surface area (TPSA) is 145 Å². The number of benzene rings is 2. The summed E-state index contributed by atoms with van der Waals surface area (Å²) in [5.74, 6) is 0.703. The summed E-state index contributed by atoms with van der Waals surface area (Å²) in [6, 6.07) is 14.7. The van der Waals surface area contributed by atoms with E-state index < -0.39 is 15.9 Å². The van der Waals surface area contributed by atoms with Crippen molar-refractivity contribution >= 4 is 32.4 Å². The lowest BCUT2D eigenvalue weighted by molar-refractivity contribution is 0.102. The second kappa shape index (κ2) is 12.1. The van der Waals surface area contributed by atoms with Gasteiger partial charge >= 0.3 is 0 Å². The summed E-state index contributed by atoms with van der Waals surface area (Å²) in [7, 11) is -0.821. The highest BCUT2D eigenvalue weighted by molar-refractivity contribution is 7.89. The number of sulfonamides is 1. The lowest BCUT2D eigenvalue weighted by Gasteiger charge is -2.20. The third kappa shape index (κ3) is 6.17. The Bertz CT molecular complexity index is 1390. The van der Waals surface area contributed by atoms with Crippen LogP contribution in [0.2, 0.25) is 0 Å². The molecule has 0 atom stereocenters. The van der Waals surface area contributed by atoms with E-state index in [2.05, 4.69) is 10.3 Å². The Balaban J connectivity index is 1.73. The van der Waals surface area contributed by atoms with Crippen LogP contribution in [0, 0.1) is 22.7 Å². The molecule has 12 heteroatoms. The summed E-state index contributed by atoms with van der Waals surface area (Å²) in [5.41, 5.74) is 1.68. The first-order valence-electron chi connectivity index (χ1n) is 10.7. The average Bonchev–Trinajstić information content (AvgIpc) is 3.36. The molecule has 10 nitrogen and oxygen atoms in total. The Morgan fingerprint density at radius 3 is 2.25 bits per heavy atom. The minimum absolute atomic E-state index is 0.00422. The molecule has 1 amide bonds. The Kier molecular flexibility index (Phi) is 8.97. The van der Waals surface area contributed by atoms with Gasteiger partial charge in [0.25, 0.3) is 5.91 Å². The Hall–Kier alpha value is -3.97. The molecule has 0 unspecified atom stereocenters. The van der Waals surface area contributed by atoms with Crippen molar-refractivity contribution in [3.8, 4) is 34.9 Å². The first-order chi connectivity index (χ1) is 17.3. The predicted molar refractivity (Wildman–Crippen MR) is 134 cm³/mol. The lowest BCUT2D eigenvalue weighted by atomic mass is 10.1. The number of nitrogens with zero attached hydrogens (tertiary/aromatic N) is 4. The van der Waals surface area contributed by atoms with E-state index in [1.165, 1.54) is 35.6 Å².